The number of benzene rings is 2. The van der Waals surface area contributed by atoms with Gasteiger partial charge in [0.15, 0.2) is 0 Å². The lowest BCUT2D eigenvalue weighted by molar-refractivity contribution is -0.384. The van der Waals surface area contributed by atoms with Crippen LogP contribution in [0.25, 0.3) is 0 Å². The van der Waals surface area contributed by atoms with Gasteiger partial charge in [0.25, 0.3) is 5.69 Å². The fraction of sp³-hybridized carbons (Fsp3) is 0.188. The van der Waals surface area contributed by atoms with Gasteiger partial charge in [0.2, 0.25) is 0 Å². The molecule has 0 aliphatic heterocycles. The summed E-state index contributed by atoms with van der Waals surface area (Å²) in [4.78, 5) is 12.1. The van der Waals surface area contributed by atoms with Gasteiger partial charge in [-0.15, -0.1) is 0 Å². The number of aliphatic hydroxyl groups is 1. The molecule has 1 atom stereocenters. The van der Waals surface area contributed by atoms with Crippen LogP contribution in [0.5, 0.6) is 0 Å². The fourth-order valence-electron chi connectivity index (χ4n) is 2.21. The molecule has 0 saturated heterocycles. The molecule has 6 nitrogen and oxygen atoms in total. The van der Waals surface area contributed by atoms with E-state index in [1.807, 2.05) is 6.07 Å². The van der Waals surface area contributed by atoms with E-state index in [1.165, 1.54) is 47.4 Å². The maximum atomic E-state index is 12.9. The first-order valence-electron chi connectivity index (χ1n) is 6.75. The molecule has 0 aromatic heterocycles. The van der Waals surface area contributed by atoms with Gasteiger partial charge in [0.05, 0.1) is 22.7 Å². The molecule has 7 heteroatoms. The Morgan fingerprint density at radius 1 is 1.35 bits per heavy atom. The molecule has 0 amide bonds. The molecule has 0 bridgehead atoms. The molecule has 0 heterocycles. The van der Waals surface area contributed by atoms with E-state index in [4.69, 9.17) is 5.26 Å². The van der Waals surface area contributed by atoms with Crippen molar-refractivity contribution in [3.63, 3.8) is 0 Å². The van der Waals surface area contributed by atoms with Crippen LogP contribution in [0.1, 0.15) is 17.2 Å². The van der Waals surface area contributed by atoms with Crippen molar-refractivity contribution in [1.82, 2.24) is 0 Å². The van der Waals surface area contributed by atoms with Gasteiger partial charge in [-0.25, -0.2) is 4.39 Å². The van der Waals surface area contributed by atoms with E-state index in [2.05, 4.69) is 0 Å². The Labute approximate surface area is 132 Å². The number of halogens is 1. The average molecular weight is 315 g/mol. The van der Waals surface area contributed by atoms with Crippen molar-refractivity contribution in [1.29, 1.82) is 5.26 Å². The van der Waals surface area contributed by atoms with Crippen LogP contribution in [0.15, 0.2) is 42.5 Å². The van der Waals surface area contributed by atoms with Crippen molar-refractivity contribution in [2.75, 3.05) is 18.5 Å². The third-order valence-electron chi connectivity index (χ3n) is 3.41. The molecule has 0 radical (unpaired) electrons. The van der Waals surface area contributed by atoms with Gasteiger partial charge in [-0.3, -0.25) is 10.1 Å². The summed E-state index contributed by atoms with van der Waals surface area (Å²) < 4.78 is 12.9. The van der Waals surface area contributed by atoms with Gasteiger partial charge in [-0.05, 0) is 29.8 Å². The van der Waals surface area contributed by atoms with Crippen LogP contribution < -0.4 is 4.90 Å². The summed E-state index contributed by atoms with van der Waals surface area (Å²) >= 11 is 0. The Balaban J connectivity index is 2.23. The first kappa shape index (κ1) is 16.4. The maximum Gasteiger partial charge on any atom is 0.293 e. The van der Waals surface area contributed by atoms with Gasteiger partial charge in [0.1, 0.15) is 11.5 Å². The Kier molecular flexibility index (Phi) is 4.88. The minimum atomic E-state index is -0.934. The predicted molar refractivity (Wildman–Crippen MR) is 82.4 cm³/mol. The molecule has 118 valence electrons. The molecule has 1 N–H and O–H groups in total. The van der Waals surface area contributed by atoms with Crippen LogP contribution in [0.3, 0.4) is 0 Å². The molecule has 0 spiro atoms. The van der Waals surface area contributed by atoms with E-state index in [0.29, 0.717) is 5.56 Å². The molecular formula is C16H14FN3O3. The minimum Gasteiger partial charge on any atom is -0.387 e. The number of aliphatic hydroxyl groups excluding tert-OH is 1. The van der Waals surface area contributed by atoms with E-state index in [-0.39, 0.29) is 23.5 Å². The molecule has 23 heavy (non-hydrogen) atoms. The lowest BCUT2D eigenvalue weighted by atomic mass is 10.1. The standard InChI is InChI=1S/C16H14FN3O3/c1-19(10-16(21)12-3-5-13(17)6-4-12)14-7-2-11(9-18)8-15(14)20(22)23/h2-8,16,21H,10H2,1H3/t16-/m0/s1. The molecule has 2 rings (SSSR count). The Morgan fingerprint density at radius 3 is 2.57 bits per heavy atom. The third kappa shape index (κ3) is 3.81. The lowest BCUT2D eigenvalue weighted by Gasteiger charge is -2.22. The van der Waals surface area contributed by atoms with Crippen molar-refractivity contribution >= 4 is 11.4 Å². The SMILES string of the molecule is CN(C[C@H](O)c1ccc(F)cc1)c1ccc(C#N)cc1[N+](=O)[O-]. The second-order valence-corrected chi connectivity index (χ2v) is 5.02. The number of nitrogens with zero attached hydrogens (tertiary/aromatic N) is 3. The average Bonchev–Trinajstić information content (AvgIpc) is 2.54. The molecule has 2 aromatic rings. The van der Waals surface area contributed by atoms with Crippen LogP contribution in [-0.4, -0.2) is 23.6 Å². The smallest absolute Gasteiger partial charge is 0.293 e. The summed E-state index contributed by atoms with van der Waals surface area (Å²) in [7, 11) is 1.60. The number of nitro groups is 1. The zero-order valence-corrected chi connectivity index (χ0v) is 12.3. The number of nitriles is 1. The zero-order valence-electron chi connectivity index (χ0n) is 12.3. The first-order chi connectivity index (χ1) is 10.9. The van der Waals surface area contributed by atoms with Gasteiger partial charge in [-0.1, -0.05) is 12.1 Å². The number of anilines is 1. The lowest BCUT2D eigenvalue weighted by Crippen LogP contribution is -2.25. The summed E-state index contributed by atoms with van der Waals surface area (Å²) in [5.74, 6) is -0.406. The van der Waals surface area contributed by atoms with E-state index in [0.717, 1.165) is 0 Å². The summed E-state index contributed by atoms with van der Waals surface area (Å²) in [5.41, 5.74) is 0.774. The zero-order chi connectivity index (χ0) is 17.0. The molecule has 0 saturated carbocycles. The first-order valence-corrected chi connectivity index (χ1v) is 6.75. The summed E-state index contributed by atoms with van der Waals surface area (Å²) in [6, 6.07) is 11.4. The van der Waals surface area contributed by atoms with Gasteiger partial charge >= 0.3 is 0 Å². The number of likely N-dealkylation sites (N-methyl/N-ethyl adjacent to an activating group) is 1. The largest absolute Gasteiger partial charge is 0.387 e. The highest BCUT2D eigenvalue weighted by Crippen LogP contribution is 2.29. The van der Waals surface area contributed by atoms with E-state index < -0.39 is 16.8 Å². The predicted octanol–water partition coefficient (Wildman–Crippen LogP) is 2.78. The molecule has 0 aliphatic carbocycles. The van der Waals surface area contributed by atoms with Gasteiger partial charge in [0, 0.05) is 19.7 Å². The third-order valence-corrected chi connectivity index (χ3v) is 3.41. The fourth-order valence-corrected chi connectivity index (χ4v) is 2.21. The highest BCUT2D eigenvalue weighted by molar-refractivity contribution is 5.65. The topological polar surface area (TPSA) is 90.4 Å². The van der Waals surface area contributed by atoms with E-state index in [1.54, 1.807) is 7.05 Å². The van der Waals surface area contributed by atoms with Crippen LogP contribution >= 0.6 is 0 Å². The monoisotopic (exact) mass is 315 g/mol. The maximum absolute atomic E-state index is 12.9. The summed E-state index contributed by atoms with van der Waals surface area (Å²) in [5, 5.41) is 30.2. The van der Waals surface area contributed by atoms with Crippen LogP contribution in [0.4, 0.5) is 15.8 Å². The summed E-state index contributed by atoms with van der Waals surface area (Å²) in [6.07, 6.45) is -0.934. The second-order valence-electron chi connectivity index (χ2n) is 5.02. The van der Waals surface area contributed by atoms with Crippen molar-refractivity contribution in [2.45, 2.75) is 6.10 Å². The van der Waals surface area contributed by atoms with Crippen LogP contribution in [0.2, 0.25) is 0 Å². The Morgan fingerprint density at radius 2 is 2.00 bits per heavy atom. The number of rotatable bonds is 5. The molecular weight excluding hydrogens is 301 g/mol. The molecule has 0 aliphatic rings. The van der Waals surface area contributed by atoms with Gasteiger partial charge in [-0.2, -0.15) is 5.26 Å². The highest BCUT2D eigenvalue weighted by Gasteiger charge is 2.20. The number of nitro benzene ring substituents is 1. The highest BCUT2D eigenvalue weighted by atomic mass is 19.1. The van der Waals surface area contributed by atoms with Crippen molar-refractivity contribution in [2.24, 2.45) is 0 Å². The Bertz CT molecular complexity index is 756. The van der Waals surface area contributed by atoms with Crippen molar-refractivity contribution in [3.8, 4) is 6.07 Å². The second kappa shape index (κ2) is 6.85. The summed E-state index contributed by atoms with van der Waals surface area (Å²) in [6.45, 7) is 0.0817. The van der Waals surface area contributed by atoms with E-state index in [9.17, 15) is 19.6 Å². The molecule has 2 aromatic carbocycles. The van der Waals surface area contributed by atoms with Gasteiger partial charge < -0.3 is 10.0 Å². The van der Waals surface area contributed by atoms with Crippen molar-refractivity contribution < 1.29 is 14.4 Å². The Hall–Kier alpha value is -2.98. The van der Waals surface area contributed by atoms with E-state index >= 15 is 0 Å². The normalized spacial score (nSPS) is 11.6. The van der Waals surface area contributed by atoms with Crippen molar-refractivity contribution in [3.05, 3.63) is 69.5 Å². The minimum absolute atomic E-state index is 0.0817. The van der Waals surface area contributed by atoms with Crippen LogP contribution in [-0.2, 0) is 0 Å². The molecule has 0 unspecified atom stereocenters. The molecule has 0 fully saturated rings. The quantitative estimate of drug-likeness (QED) is 0.677. The number of hydrogen-bond acceptors (Lipinski definition) is 5. The number of hydrogen-bond donors (Lipinski definition) is 1. The van der Waals surface area contributed by atoms with Crippen LogP contribution in [0, 0.1) is 27.3 Å².